The molecule has 1 atom stereocenters. The Morgan fingerprint density at radius 2 is 2.09 bits per heavy atom. The number of carbonyl (C=O) groups excluding carboxylic acids is 2. The zero-order chi connectivity index (χ0) is 16.2. The lowest BCUT2D eigenvalue weighted by atomic mass is 10.1. The second-order valence-corrected chi connectivity index (χ2v) is 5.47. The fraction of sp³-hybridized carbons (Fsp3) is 0.294. The summed E-state index contributed by atoms with van der Waals surface area (Å²) in [4.78, 5) is 25.3. The molecule has 0 unspecified atom stereocenters. The van der Waals surface area contributed by atoms with Gasteiger partial charge in [-0.25, -0.2) is 4.79 Å². The predicted octanol–water partition coefficient (Wildman–Crippen LogP) is 2.60. The molecule has 1 aromatic carbocycles. The third-order valence-electron chi connectivity index (χ3n) is 3.67. The predicted molar refractivity (Wildman–Crippen MR) is 84.5 cm³/mol. The van der Waals surface area contributed by atoms with Gasteiger partial charge >= 0.3 is 6.09 Å². The second-order valence-electron chi connectivity index (χ2n) is 5.47. The third-order valence-corrected chi connectivity index (χ3v) is 3.67. The van der Waals surface area contributed by atoms with E-state index in [9.17, 15) is 9.59 Å². The van der Waals surface area contributed by atoms with Gasteiger partial charge in [0, 0.05) is 23.7 Å². The summed E-state index contributed by atoms with van der Waals surface area (Å²) in [6.07, 6.45) is 1.90. The quantitative estimate of drug-likeness (QED) is 0.921. The van der Waals surface area contributed by atoms with Crippen molar-refractivity contribution in [2.75, 3.05) is 18.1 Å². The Morgan fingerprint density at radius 1 is 1.30 bits per heavy atom. The van der Waals surface area contributed by atoms with Crippen molar-refractivity contribution in [1.82, 2.24) is 5.32 Å². The molecule has 1 saturated heterocycles. The monoisotopic (exact) mass is 314 g/mol. The minimum Gasteiger partial charge on any atom is -0.469 e. The average Bonchev–Trinajstić information content (AvgIpc) is 3.19. The number of hydrogen-bond acceptors (Lipinski definition) is 4. The first-order chi connectivity index (χ1) is 11.1. The Kier molecular flexibility index (Phi) is 4.32. The number of benzene rings is 1. The Labute approximate surface area is 134 Å². The number of anilines is 1. The van der Waals surface area contributed by atoms with Gasteiger partial charge in [-0.3, -0.25) is 9.69 Å². The minimum absolute atomic E-state index is 0.0399. The summed E-state index contributed by atoms with van der Waals surface area (Å²) in [6.45, 7) is 2.85. The van der Waals surface area contributed by atoms with Gasteiger partial charge in [-0.05, 0) is 43.3 Å². The van der Waals surface area contributed by atoms with E-state index in [1.165, 1.54) is 0 Å². The number of carbonyl (C=O) groups is 2. The van der Waals surface area contributed by atoms with E-state index in [-0.39, 0.29) is 18.0 Å². The fourth-order valence-corrected chi connectivity index (χ4v) is 2.51. The van der Waals surface area contributed by atoms with Gasteiger partial charge in [0.2, 0.25) is 0 Å². The third kappa shape index (κ3) is 3.53. The molecule has 1 aliphatic heterocycles. The maximum absolute atomic E-state index is 12.2. The summed E-state index contributed by atoms with van der Waals surface area (Å²) in [5.74, 6) is 0.681. The van der Waals surface area contributed by atoms with Gasteiger partial charge in [-0.2, -0.15) is 0 Å². The van der Waals surface area contributed by atoms with Crippen molar-refractivity contribution in [2.24, 2.45) is 0 Å². The highest BCUT2D eigenvalue weighted by molar-refractivity contribution is 5.95. The summed E-state index contributed by atoms with van der Waals surface area (Å²) in [7, 11) is 0. The van der Waals surface area contributed by atoms with E-state index >= 15 is 0 Å². The largest absolute Gasteiger partial charge is 0.469 e. The van der Waals surface area contributed by atoms with Crippen molar-refractivity contribution in [3.8, 4) is 0 Å². The molecule has 1 aromatic heterocycles. The molecule has 0 spiro atoms. The van der Waals surface area contributed by atoms with Crippen LogP contribution in [0.5, 0.6) is 0 Å². The molecule has 0 saturated carbocycles. The van der Waals surface area contributed by atoms with Crippen LogP contribution in [0.3, 0.4) is 0 Å². The zero-order valence-electron chi connectivity index (χ0n) is 12.8. The number of furan rings is 1. The highest BCUT2D eigenvalue weighted by atomic mass is 16.6. The summed E-state index contributed by atoms with van der Waals surface area (Å²) in [5, 5.41) is 2.93. The highest BCUT2D eigenvalue weighted by Crippen LogP contribution is 2.19. The summed E-state index contributed by atoms with van der Waals surface area (Å²) in [5.41, 5.74) is 1.28. The summed E-state index contributed by atoms with van der Waals surface area (Å²) in [6, 6.07) is 10.6. The number of rotatable bonds is 5. The summed E-state index contributed by atoms with van der Waals surface area (Å²) >= 11 is 0. The van der Waals surface area contributed by atoms with Crippen molar-refractivity contribution in [2.45, 2.75) is 19.4 Å². The van der Waals surface area contributed by atoms with Crippen LogP contribution in [0, 0.1) is 0 Å². The lowest BCUT2D eigenvalue weighted by molar-refractivity contribution is 0.0939. The molecule has 3 rings (SSSR count). The Hall–Kier alpha value is -2.76. The molecule has 1 N–H and O–H groups in total. The molecule has 6 heteroatoms. The zero-order valence-corrected chi connectivity index (χ0v) is 12.8. The standard InChI is InChI=1S/C17H18N2O4/c1-12(11-15-3-2-9-22-15)18-16(20)13-4-6-14(7-5-13)19-8-10-23-17(19)21/h2-7,9,12H,8,10-11H2,1H3,(H,18,20)/t12-/m0/s1. The van der Waals surface area contributed by atoms with Gasteiger partial charge in [-0.15, -0.1) is 0 Å². The first kappa shape index (κ1) is 15.1. The molecule has 2 amide bonds. The van der Waals surface area contributed by atoms with Crippen LogP contribution >= 0.6 is 0 Å². The maximum atomic E-state index is 12.2. The van der Waals surface area contributed by atoms with Crippen molar-refractivity contribution in [1.29, 1.82) is 0 Å². The molecule has 1 aliphatic rings. The lowest BCUT2D eigenvalue weighted by Gasteiger charge is -2.15. The van der Waals surface area contributed by atoms with Crippen LogP contribution in [0.1, 0.15) is 23.0 Å². The normalized spacial score (nSPS) is 15.3. The van der Waals surface area contributed by atoms with E-state index in [1.54, 1.807) is 35.4 Å². The van der Waals surface area contributed by atoms with Crippen LogP contribution in [-0.2, 0) is 11.2 Å². The highest BCUT2D eigenvalue weighted by Gasteiger charge is 2.23. The van der Waals surface area contributed by atoms with Crippen molar-refractivity contribution >= 4 is 17.7 Å². The first-order valence-electron chi connectivity index (χ1n) is 7.51. The van der Waals surface area contributed by atoms with E-state index in [4.69, 9.17) is 9.15 Å². The van der Waals surface area contributed by atoms with Crippen LogP contribution < -0.4 is 10.2 Å². The number of amides is 2. The van der Waals surface area contributed by atoms with Crippen molar-refractivity contribution in [3.63, 3.8) is 0 Å². The number of nitrogens with zero attached hydrogens (tertiary/aromatic N) is 1. The molecule has 1 fully saturated rings. The van der Waals surface area contributed by atoms with Crippen molar-refractivity contribution in [3.05, 3.63) is 54.0 Å². The van der Waals surface area contributed by atoms with E-state index in [0.717, 1.165) is 11.4 Å². The lowest BCUT2D eigenvalue weighted by Crippen LogP contribution is -2.34. The Morgan fingerprint density at radius 3 is 2.70 bits per heavy atom. The number of hydrogen-bond donors (Lipinski definition) is 1. The van der Waals surface area contributed by atoms with Gasteiger partial charge in [0.05, 0.1) is 12.8 Å². The molecule has 23 heavy (non-hydrogen) atoms. The van der Waals surface area contributed by atoms with Gasteiger partial charge in [0.15, 0.2) is 0 Å². The van der Waals surface area contributed by atoms with E-state index in [0.29, 0.717) is 25.1 Å². The molecule has 0 aliphatic carbocycles. The van der Waals surface area contributed by atoms with Crippen LogP contribution in [0.15, 0.2) is 47.1 Å². The molecule has 6 nitrogen and oxygen atoms in total. The molecule has 2 aromatic rings. The van der Waals surface area contributed by atoms with Gasteiger partial charge in [0.25, 0.3) is 5.91 Å². The first-order valence-corrected chi connectivity index (χ1v) is 7.51. The number of cyclic esters (lactones) is 1. The van der Waals surface area contributed by atoms with Crippen molar-refractivity contribution < 1.29 is 18.7 Å². The van der Waals surface area contributed by atoms with E-state index < -0.39 is 0 Å². The van der Waals surface area contributed by atoms with E-state index in [2.05, 4.69) is 5.32 Å². The maximum Gasteiger partial charge on any atom is 0.414 e. The molecular weight excluding hydrogens is 296 g/mol. The molecular formula is C17H18N2O4. The Balaban J connectivity index is 1.60. The average molecular weight is 314 g/mol. The number of ether oxygens (including phenoxy) is 1. The van der Waals surface area contributed by atoms with E-state index in [1.807, 2.05) is 19.1 Å². The van der Waals surface area contributed by atoms with Crippen LogP contribution in [-0.4, -0.2) is 31.2 Å². The van der Waals surface area contributed by atoms with Gasteiger partial charge in [0.1, 0.15) is 12.4 Å². The van der Waals surface area contributed by atoms with Crippen LogP contribution in [0.2, 0.25) is 0 Å². The smallest absolute Gasteiger partial charge is 0.414 e. The topological polar surface area (TPSA) is 71.8 Å². The Bertz CT molecular complexity index is 679. The fourth-order valence-electron chi connectivity index (χ4n) is 2.51. The van der Waals surface area contributed by atoms with Gasteiger partial charge < -0.3 is 14.5 Å². The molecule has 0 radical (unpaired) electrons. The SMILES string of the molecule is C[C@@H](Cc1ccco1)NC(=O)c1ccc(N2CCOC2=O)cc1. The minimum atomic E-state index is -0.353. The second kappa shape index (κ2) is 6.56. The molecule has 120 valence electrons. The summed E-state index contributed by atoms with van der Waals surface area (Å²) < 4.78 is 10.2. The molecule has 0 bridgehead atoms. The number of nitrogens with one attached hydrogen (secondary N) is 1. The molecule has 2 heterocycles. The van der Waals surface area contributed by atoms with Gasteiger partial charge in [-0.1, -0.05) is 0 Å². The van der Waals surface area contributed by atoms with Crippen LogP contribution in [0.4, 0.5) is 10.5 Å². The van der Waals surface area contributed by atoms with Crippen LogP contribution in [0.25, 0.3) is 0 Å².